The van der Waals surface area contributed by atoms with Crippen LogP contribution in [-0.4, -0.2) is 20.6 Å². The highest BCUT2D eigenvalue weighted by Crippen LogP contribution is 2.28. The molecule has 1 heterocycles. The fraction of sp³-hybridized carbons (Fsp3) is 0.176. The number of hydrogen-bond acceptors (Lipinski definition) is 5. The average Bonchev–Trinajstić information content (AvgIpc) is 3.06. The number of aromatic nitrogens is 2. The lowest BCUT2D eigenvalue weighted by Gasteiger charge is -2.05. The molecule has 1 atom stereocenters. The molecule has 0 amide bonds. The van der Waals surface area contributed by atoms with Crippen LogP contribution >= 0.6 is 0 Å². The van der Waals surface area contributed by atoms with E-state index < -0.39 is 21.8 Å². The molecule has 1 unspecified atom stereocenters. The van der Waals surface area contributed by atoms with Gasteiger partial charge in [-0.25, -0.2) is 4.21 Å². The van der Waals surface area contributed by atoms with Gasteiger partial charge in [-0.2, -0.15) is 22.5 Å². The van der Waals surface area contributed by atoms with Crippen LogP contribution in [0.5, 0.6) is 0 Å². The minimum Gasteiger partial charge on any atom is -0.329 e. The Bertz CT molecular complexity index is 1010. The highest BCUT2D eigenvalue weighted by atomic mass is 32.2. The van der Waals surface area contributed by atoms with Crippen molar-refractivity contribution in [2.45, 2.75) is 17.5 Å². The van der Waals surface area contributed by atoms with Crippen molar-refractivity contribution >= 4 is 15.4 Å². The van der Waals surface area contributed by atoms with E-state index in [0.717, 1.165) is 0 Å². The minimum absolute atomic E-state index is 0.0643. The molecule has 0 aliphatic heterocycles. The second-order valence-corrected chi connectivity index (χ2v) is 7.82. The summed E-state index contributed by atoms with van der Waals surface area (Å²) in [6, 6.07) is 15.5. The highest BCUT2D eigenvalue weighted by Gasteiger charge is 2.38. The van der Waals surface area contributed by atoms with Gasteiger partial charge in [0.15, 0.2) is 5.82 Å². The lowest BCUT2D eigenvalue weighted by molar-refractivity contribution is -0.159. The Labute approximate surface area is 148 Å². The highest BCUT2D eigenvalue weighted by molar-refractivity contribution is 7.93. The van der Waals surface area contributed by atoms with Crippen molar-refractivity contribution in [2.24, 2.45) is 4.36 Å². The van der Waals surface area contributed by atoms with E-state index in [1.807, 2.05) is 6.07 Å². The summed E-state index contributed by atoms with van der Waals surface area (Å²) in [5, 5.41) is 3.32. The molecule has 1 aromatic heterocycles. The van der Waals surface area contributed by atoms with Crippen molar-refractivity contribution in [1.29, 1.82) is 0 Å². The van der Waals surface area contributed by atoms with E-state index in [1.165, 1.54) is 0 Å². The molecule has 0 fully saturated rings. The van der Waals surface area contributed by atoms with Crippen LogP contribution in [0, 0.1) is 0 Å². The van der Waals surface area contributed by atoms with Crippen molar-refractivity contribution in [3.05, 3.63) is 71.9 Å². The molecule has 0 bridgehead atoms. The summed E-state index contributed by atoms with van der Waals surface area (Å²) >= 11 is 0. The van der Waals surface area contributed by atoms with E-state index in [2.05, 4.69) is 19.0 Å². The van der Waals surface area contributed by atoms with Crippen LogP contribution in [0.2, 0.25) is 0 Å². The van der Waals surface area contributed by atoms with Crippen LogP contribution in [-0.2, 0) is 22.3 Å². The Morgan fingerprint density at radius 2 is 1.73 bits per heavy atom. The molecule has 26 heavy (non-hydrogen) atoms. The number of benzene rings is 2. The maximum atomic E-state index is 12.7. The summed E-state index contributed by atoms with van der Waals surface area (Å²) in [6.45, 7) is 0. The number of halogens is 3. The van der Waals surface area contributed by atoms with Gasteiger partial charge in [0.25, 0.3) is 0 Å². The number of nitrogens with zero attached hydrogens (tertiary/aromatic N) is 3. The van der Waals surface area contributed by atoms with Gasteiger partial charge < -0.3 is 4.52 Å². The van der Waals surface area contributed by atoms with Crippen molar-refractivity contribution in [2.75, 3.05) is 6.26 Å². The van der Waals surface area contributed by atoms with E-state index in [0.29, 0.717) is 16.1 Å². The van der Waals surface area contributed by atoms with E-state index >= 15 is 0 Å². The number of alkyl halides is 3. The second kappa shape index (κ2) is 6.91. The summed E-state index contributed by atoms with van der Waals surface area (Å²) in [5.74, 6) is -1.43. The van der Waals surface area contributed by atoms with Gasteiger partial charge in [-0.05, 0) is 29.8 Å². The first kappa shape index (κ1) is 18.1. The van der Waals surface area contributed by atoms with Crippen molar-refractivity contribution in [1.82, 2.24) is 10.1 Å². The van der Waals surface area contributed by atoms with E-state index in [9.17, 15) is 17.4 Å². The molecule has 2 aromatic carbocycles. The zero-order valence-corrected chi connectivity index (χ0v) is 14.4. The molecular formula is C17H14F3N3O2S. The van der Waals surface area contributed by atoms with Crippen LogP contribution in [0.3, 0.4) is 0 Å². The largest absolute Gasteiger partial charge is 0.471 e. The van der Waals surface area contributed by atoms with E-state index in [1.54, 1.807) is 54.8 Å². The Morgan fingerprint density at radius 3 is 2.31 bits per heavy atom. The van der Waals surface area contributed by atoms with Gasteiger partial charge in [0.1, 0.15) is 0 Å². The summed E-state index contributed by atoms with van der Waals surface area (Å²) < 4.78 is 58.6. The van der Waals surface area contributed by atoms with Crippen LogP contribution in [0.15, 0.2) is 68.4 Å². The van der Waals surface area contributed by atoms with E-state index in [4.69, 9.17) is 0 Å². The third-order valence-electron chi connectivity index (χ3n) is 3.47. The molecule has 0 saturated carbocycles. The first-order chi connectivity index (χ1) is 12.2. The predicted octanol–water partition coefficient (Wildman–Crippen LogP) is 4.47. The quantitative estimate of drug-likeness (QED) is 0.669. The maximum absolute atomic E-state index is 12.7. The fourth-order valence-corrected chi connectivity index (χ4v) is 3.52. The van der Waals surface area contributed by atoms with Gasteiger partial charge in [-0.1, -0.05) is 35.5 Å². The molecule has 0 saturated heterocycles. The Balaban J connectivity index is 1.78. The fourth-order valence-electron chi connectivity index (χ4n) is 2.22. The molecule has 3 rings (SSSR count). The van der Waals surface area contributed by atoms with Gasteiger partial charge in [0.05, 0.1) is 15.4 Å². The second-order valence-electron chi connectivity index (χ2n) is 5.56. The standard InChI is InChI=1S/C17H14F3N3O2S/c1-26(24,14-5-3-2-4-6-14)23-13-9-7-12(8-10-13)11-15-21-16(25-22-15)17(18,19)20/h2-10H,11H2,1H3. The van der Waals surface area contributed by atoms with Crippen molar-refractivity contribution in [3.63, 3.8) is 0 Å². The molecule has 0 N–H and O–H groups in total. The molecule has 0 aliphatic rings. The van der Waals surface area contributed by atoms with Crippen LogP contribution in [0.25, 0.3) is 0 Å². The van der Waals surface area contributed by atoms with Crippen molar-refractivity contribution in [3.8, 4) is 0 Å². The lowest BCUT2D eigenvalue weighted by atomic mass is 10.1. The van der Waals surface area contributed by atoms with Gasteiger partial charge >= 0.3 is 12.1 Å². The summed E-state index contributed by atoms with van der Waals surface area (Å²) in [6.07, 6.45) is -3.03. The zero-order valence-electron chi connectivity index (χ0n) is 13.6. The first-order valence-electron chi connectivity index (χ1n) is 7.50. The van der Waals surface area contributed by atoms with Gasteiger partial charge in [0.2, 0.25) is 0 Å². The Hall–Kier alpha value is -2.68. The molecule has 5 nitrogen and oxygen atoms in total. The van der Waals surface area contributed by atoms with Crippen LogP contribution in [0.4, 0.5) is 18.9 Å². The number of hydrogen-bond donors (Lipinski definition) is 0. The number of rotatable bonds is 4. The summed E-state index contributed by atoms with van der Waals surface area (Å²) in [4.78, 5) is 3.95. The lowest BCUT2D eigenvalue weighted by Crippen LogP contribution is -2.05. The van der Waals surface area contributed by atoms with Gasteiger partial charge in [0, 0.05) is 17.6 Å². The molecule has 0 radical (unpaired) electrons. The average molecular weight is 381 g/mol. The summed E-state index contributed by atoms with van der Waals surface area (Å²) in [7, 11) is -2.59. The molecular weight excluding hydrogens is 367 g/mol. The smallest absolute Gasteiger partial charge is 0.329 e. The third kappa shape index (κ3) is 4.29. The maximum Gasteiger partial charge on any atom is 0.471 e. The first-order valence-corrected chi connectivity index (χ1v) is 9.42. The van der Waals surface area contributed by atoms with Gasteiger partial charge in [-0.15, -0.1) is 0 Å². The predicted molar refractivity (Wildman–Crippen MR) is 89.4 cm³/mol. The SMILES string of the molecule is CS(=O)(=Nc1ccc(Cc2noc(C(F)(F)F)n2)cc1)c1ccccc1. The Morgan fingerprint density at radius 1 is 1.08 bits per heavy atom. The molecule has 136 valence electrons. The Kier molecular flexibility index (Phi) is 4.82. The summed E-state index contributed by atoms with van der Waals surface area (Å²) in [5.41, 5.74) is 1.19. The van der Waals surface area contributed by atoms with Crippen LogP contribution in [0.1, 0.15) is 17.3 Å². The molecule has 0 spiro atoms. The molecule has 9 heteroatoms. The normalized spacial score (nSPS) is 14.0. The monoisotopic (exact) mass is 381 g/mol. The molecule has 0 aliphatic carbocycles. The third-order valence-corrected chi connectivity index (χ3v) is 5.18. The van der Waals surface area contributed by atoms with Crippen molar-refractivity contribution < 1.29 is 21.9 Å². The van der Waals surface area contributed by atoms with Gasteiger partial charge in [-0.3, -0.25) is 0 Å². The molecule has 3 aromatic rings. The van der Waals surface area contributed by atoms with E-state index in [-0.39, 0.29) is 12.2 Å². The zero-order chi connectivity index (χ0) is 18.8. The topological polar surface area (TPSA) is 68.3 Å². The minimum atomic E-state index is -4.66. The van der Waals surface area contributed by atoms with Crippen LogP contribution < -0.4 is 0 Å².